The van der Waals surface area contributed by atoms with E-state index in [1.54, 1.807) is 96.9 Å². The number of H-pyrrole nitrogens is 1. The van der Waals surface area contributed by atoms with Crippen molar-refractivity contribution in [2.24, 2.45) is 53.1 Å². The molecular weight excluding hydrogens is 2030 g/mol. The quantitative estimate of drug-likeness (QED) is 0.0483. The fourth-order valence-electron chi connectivity index (χ4n) is 22.1. The first-order chi connectivity index (χ1) is 70.9. The van der Waals surface area contributed by atoms with Crippen molar-refractivity contribution in [3.63, 3.8) is 0 Å². The molecule has 768 valence electrons. The van der Waals surface area contributed by atoms with E-state index in [0.29, 0.717) is 145 Å². The summed E-state index contributed by atoms with van der Waals surface area (Å²) in [5.74, 6) is 9.46. The van der Waals surface area contributed by atoms with Gasteiger partial charge in [0.15, 0.2) is 45.4 Å². The highest BCUT2D eigenvalue weighted by molar-refractivity contribution is 6.37. The Bertz CT molecular complexity index is 7100. The van der Waals surface area contributed by atoms with Crippen LogP contribution in [0.25, 0.3) is 44.7 Å². The zero-order valence-corrected chi connectivity index (χ0v) is 89.7. The first-order valence-corrected chi connectivity index (χ1v) is 53.7. The molecule has 0 aliphatic carbocycles. The van der Waals surface area contributed by atoms with Gasteiger partial charge in [0.25, 0.3) is 0 Å². The molecule has 8 aliphatic heterocycles. The van der Waals surface area contributed by atoms with Crippen molar-refractivity contribution in [2.45, 2.75) is 155 Å². The number of nitrogens with zero attached hydrogens (tertiary/aromatic N) is 30. The zero-order chi connectivity index (χ0) is 103. The van der Waals surface area contributed by atoms with E-state index in [1.807, 2.05) is 78.4 Å². The third kappa shape index (κ3) is 23.7. The molecule has 4 aromatic carbocycles. The maximum atomic E-state index is 11.9. The molecule has 0 radical (unpaired) electrons. The minimum atomic E-state index is -0.258. The van der Waals surface area contributed by atoms with Crippen LogP contribution in [-0.2, 0) is 16.1 Å². The predicted molar refractivity (Wildman–Crippen MR) is 575 cm³/mol. The number of hydrogen-bond acceptors (Lipinski definition) is 27. The maximum Gasteiger partial charge on any atom is 0.222 e. The van der Waals surface area contributed by atoms with Crippen LogP contribution in [0.3, 0.4) is 0 Å². The Kier molecular flexibility index (Phi) is 33.5. The van der Waals surface area contributed by atoms with Crippen LogP contribution in [-0.4, -0.2) is 263 Å². The van der Waals surface area contributed by atoms with Gasteiger partial charge in [-0.15, -0.1) is 0 Å². The topological polar surface area (TPSA) is 388 Å². The molecule has 0 bridgehead atoms. The number of carbonyl (C=O) groups is 2. The number of primary amides is 1. The number of imidazole rings is 1. The summed E-state index contributed by atoms with van der Waals surface area (Å²) in [5, 5.41) is 61.1. The van der Waals surface area contributed by atoms with E-state index < -0.39 is 0 Å². The number of nitriles is 4. The Morgan fingerprint density at radius 1 is 0.401 bits per heavy atom. The highest BCUT2D eigenvalue weighted by Crippen LogP contribution is 2.44. The molecule has 17 heterocycles. The molecule has 0 saturated carbocycles. The standard InChI is InChI=1S/C28H34Cl2N8O.C26H27Cl2N9.C26H30Cl2N8O.C25H29Cl2N7/c1-18(22-9-8-21(29)12-23(22)30)38-28-27(24(13-31)34-38)32-14-25(33-28)37-16-20(17-37)19-6-4-10-36(15-19)11-5-7-26(39)35(2)3;1-16(20-5-4-19(27)9-21(20)28)37-26-25(22(10-29)34-37)32-11-24(33-26)36-13-18(14-36)17-3-2-8-35(12-17)15-23-30-6-7-31-23;1-16(20-7-6-19(27)10-21(20)28)36-26-25(22(11-29)33-36)31-12-24(32-26)35-14-18(15-35)17-4-2-8-34(13-17)9-3-5-23(30)37;1-15(2)32-8-4-5-17(12-32)18-13-33(14-18)23-11-29-24-22(10-28)31-34(25(24)30-23)16(3)20-7-6-19(26)9-21(20)27/h8-9,12,14,18-20H,4-7,10-11,15-17H2,1-3H3;4-7,9,11,16-18H,2-3,8,12-15H2,1H3,(H,30,31);6-7,10,12,16-18H,2-5,8-9,13-15H2,1H3,(H2,30,37);6-7,9,11,15-18H,4-5,8,12-14H2,1-3H3. The number of nitrogens with two attached hydrogens (primary N) is 1. The van der Waals surface area contributed by atoms with Gasteiger partial charge in [-0.1, -0.05) is 117 Å². The Morgan fingerprint density at radius 2 is 0.701 bits per heavy atom. The lowest BCUT2D eigenvalue weighted by atomic mass is 9.80. The number of nitrogens with one attached hydrogen (secondary N) is 1. The van der Waals surface area contributed by atoms with Crippen LogP contribution in [0, 0.1) is 92.7 Å². The van der Waals surface area contributed by atoms with Gasteiger partial charge in [0.05, 0.1) is 55.5 Å². The van der Waals surface area contributed by atoms with Gasteiger partial charge in [0.2, 0.25) is 11.8 Å². The van der Waals surface area contributed by atoms with Gasteiger partial charge in [-0.2, -0.15) is 41.4 Å². The van der Waals surface area contributed by atoms with Crippen molar-refractivity contribution in [3.8, 4) is 24.3 Å². The molecule has 9 aromatic heterocycles. The molecule has 8 atom stereocenters. The van der Waals surface area contributed by atoms with E-state index in [0.717, 1.165) is 181 Å². The maximum absolute atomic E-state index is 11.9. The van der Waals surface area contributed by atoms with Gasteiger partial charge < -0.3 is 49.9 Å². The number of aromatic nitrogens is 18. The van der Waals surface area contributed by atoms with Crippen LogP contribution in [0.1, 0.15) is 194 Å². The molecule has 13 aromatic rings. The number of halogens is 8. The summed E-state index contributed by atoms with van der Waals surface area (Å²) in [7, 11) is 3.63. The summed E-state index contributed by atoms with van der Waals surface area (Å²) in [6.45, 7) is 31.9. The fraction of sp³-hybridized carbons (Fsp3) is 0.495. The first kappa shape index (κ1) is 105. The second-order valence-electron chi connectivity index (χ2n) is 40.8. The molecule has 42 heteroatoms. The molecule has 2 amide bonds. The molecule has 8 saturated heterocycles. The van der Waals surface area contributed by atoms with Crippen molar-refractivity contribution in [1.29, 1.82) is 21.0 Å². The van der Waals surface area contributed by atoms with Crippen LogP contribution in [0.2, 0.25) is 40.2 Å². The van der Waals surface area contributed by atoms with Gasteiger partial charge in [0.1, 0.15) is 75.4 Å². The van der Waals surface area contributed by atoms with Crippen LogP contribution in [0.4, 0.5) is 23.3 Å². The minimum Gasteiger partial charge on any atom is -0.370 e. The molecule has 0 spiro atoms. The van der Waals surface area contributed by atoms with Crippen LogP contribution < -0.4 is 25.3 Å². The van der Waals surface area contributed by atoms with Crippen molar-refractivity contribution in [2.75, 3.05) is 152 Å². The zero-order valence-electron chi connectivity index (χ0n) is 83.7. The highest BCUT2D eigenvalue weighted by Gasteiger charge is 2.43. The molecule has 147 heavy (non-hydrogen) atoms. The lowest BCUT2D eigenvalue weighted by molar-refractivity contribution is -0.128. The molecule has 34 nitrogen and oxygen atoms in total. The van der Waals surface area contributed by atoms with E-state index in [4.69, 9.17) is 118 Å². The highest BCUT2D eigenvalue weighted by atomic mass is 35.5. The third-order valence-electron chi connectivity index (χ3n) is 30.7. The average Bonchev–Trinajstić information content (AvgIpc) is 1.63. The van der Waals surface area contributed by atoms with Crippen LogP contribution >= 0.6 is 92.8 Å². The van der Waals surface area contributed by atoms with E-state index in [-0.39, 0.29) is 58.8 Å². The fourth-order valence-corrected chi connectivity index (χ4v) is 24.4. The Hall–Kier alpha value is -11.5. The van der Waals surface area contributed by atoms with E-state index in [1.165, 1.54) is 64.5 Å². The number of aromatic amines is 1. The number of fused-ring (bicyclic) bond motifs is 4. The third-order valence-corrected chi connectivity index (χ3v) is 33.0. The normalized spacial score (nSPS) is 19.7. The number of carbonyl (C=O) groups excluding carboxylic acids is 2. The van der Waals surface area contributed by atoms with E-state index in [9.17, 15) is 30.6 Å². The second kappa shape index (κ2) is 46.8. The van der Waals surface area contributed by atoms with Gasteiger partial charge in [0, 0.05) is 164 Å². The van der Waals surface area contributed by atoms with Gasteiger partial charge in [-0.3, -0.25) is 14.5 Å². The monoisotopic (exact) mass is 2140 g/mol. The van der Waals surface area contributed by atoms with Crippen molar-refractivity contribution in [1.82, 2.24) is 113 Å². The predicted octanol–water partition coefficient (Wildman–Crippen LogP) is 18.5. The Labute approximate surface area is 895 Å². The molecular formula is C105H120Cl8N32O2. The smallest absolute Gasteiger partial charge is 0.222 e. The minimum absolute atomic E-state index is 0.199. The number of benzene rings is 4. The summed E-state index contributed by atoms with van der Waals surface area (Å²) < 4.78 is 6.95. The second-order valence-corrected chi connectivity index (χ2v) is 44.2. The Balaban J connectivity index is 0.000000129. The first-order valence-electron chi connectivity index (χ1n) is 50.7. The number of hydrogen-bond donors (Lipinski definition) is 2. The SMILES string of the molecule is CC(C)N1CCCC(C2CN(c3cnc4c(C#N)nn(C(C)c5ccc(Cl)cc5Cl)c4n3)C2)C1.CC(c1ccc(Cl)cc1Cl)n1nc(C#N)c2ncc(N3CC(C4CCCN(CCCC(=O)N(C)C)C4)C3)nc21.CC(c1ccc(Cl)cc1Cl)n1nc(C#N)c2ncc(N3CC(C4CCCN(CCCC(N)=O)C4)C3)nc21.CC(c1ccc(Cl)cc1Cl)n1nc(C#N)c2ncc(N3CC(C4CCCN(Cc5ncc[nH]5)C4)C3)nc21. The summed E-state index contributed by atoms with van der Waals surface area (Å²) >= 11 is 50.2. The van der Waals surface area contributed by atoms with E-state index in [2.05, 4.69) is 128 Å². The molecule has 8 unspecified atom stereocenters. The lowest BCUT2D eigenvalue weighted by Gasteiger charge is -2.47. The molecule has 8 fully saturated rings. The number of piperidine rings is 4. The largest absolute Gasteiger partial charge is 0.370 e. The number of rotatable bonds is 27. The van der Waals surface area contributed by atoms with Crippen molar-refractivity contribution >= 4 is 173 Å². The molecule has 21 rings (SSSR count). The van der Waals surface area contributed by atoms with Crippen LogP contribution in [0.15, 0.2) is 110 Å². The molecule has 8 aliphatic rings. The summed E-state index contributed by atoms with van der Waals surface area (Å²) in [5.41, 5.74) is 14.0. The van der Waals surface area contributed by atoms with Gasteiger partial charge in [-0.05, 0) is 263 Å². The van der Waals surface area contributed by atoms with Gasteiger partial charge >= 0.3 is 0 Å². The summed E-state index contributed by atoms with van der Waals surface area (Å²) in [6.07, 6.45) is 23.4. The van der Waals surface area contributed by atoms with Gasteiger partial charge in [-0.25, -0.2) is 63.6 Å². The summed E-state index contributed by atoms with van der Waals surface area (Å²) in [4.78, 5) is 89.4. The summed E-state index contributed by atoms with van der Waals surface area (Å²) in [6, 6.07) is 29.8. The number of likely N-dealkylation sites (tertiary alicyclic amines) is 4. The number of anilines is 4. The average molecular weight is 2150 g/mol. The number of amides is 2. The van der Waals surface area contributed by atoms with Crippen LogP contribution in [0.5, 0.6) is 0 Å². The van der Waals surface area contributed by atoms with Crippen molar-refractivity contribution < 1.29 is 9.59 Å². The lowest BCUT2D eigenvalue weighted by Crippen LogP contribution is -2.54. The Morgan fingerprint density at radius 3 is 0.986 bits per heavy atom. The van der Waals surface area contributed by atoms with Crippen molar-refractivity contribution in [3.05, 3.63) is 201 Å². The molecule has 3 N–H and O–H groups in total. The van der Waals surface area contributed by atoms with E-state index >= 15 is 0 Å².